The molecule has 3 heteroatoms. The summed E-state index contributed by atoms with van der Waals surface area (Å²) < 4.78 is 1.01. The molecule has 0 saturated heterocycles. The Balaban J connectivity index is 0.000000791. The predicted octanol–water partition coefficient (Wildman–Crippen LogP) is 2.97. The van der Waals surface area contributed by atoms with Gasteiger partial charge >= 0.3 is 0 Å². The van der Waals surface area contributed by atoms with Crippen LogP contribution in [0.3, 0.4) is 0 Å². The number of hydrogen-bond acceptors (Lipinski definition) is 1. The number of rotatable bonds is 2. The lowest BCUT2D eigenvalue weighted by molar-refractivity contribution is -0.113. The highest BCUT2D eigenvalue weighted by molar-refractivity contribution is 9.10. The molecule has 0 aliphatic rings. The molecular weight excluding hydrogens is 242 g/mol. The van der Waals surface area contributed by atoms with Gasteiger partial charge in [-0.3, -0.25) is 4.79 Å². The summed E-state index contributed by atoms with van der Waals surface area (Å²) in [7, 11) is 0. The monoisotopic (exact) mass is 255 g/mol. The fraction of sp³-hybridized carbons (Fsp3) is 0.182. The lowest BCUT2D eigenvalue weighted by atomic mass is 10.2. The van der Waals surface area contributed by atoms with Gasteiger partial charge in [-0.15, -0.1) is 0 Å². The average molecular weight is 256 g/mol. The third kappa shape index (κ3) is 5.54. The number of benzene rings is 1. The Bertz CT molecular complexity index is 304. The molecular formula is C11H14BrNO. The van der Waals surface area contributed by atoms with Crippen LogP contribution in [0, 0.1) is 0 Å². The maximum Gasteiger partial charge on any atom is 0.241 e. The molecule has 1 aromatic rings. The van der Waals surface area contributed by atoms with E-state index in [9.17, 15) is 4.79 Å². The van der Waals surface area contributed by atoms with Gasteiger partial charge in [0.1, 0.15) is 0 Å². The van der Waals surface area contributed by atoms with Crippen molar-refractivity contribution in [2.75, 3.05) is 0 Å². The van der Waals surface area contributed by atoms with E-state index in [0.717, 1.165) is 10.0 Å². The van der Waals surface area contributed by atoms with E-state index in [0.29, 0.717) is 0 Å². The minimum atomic E-state index is -0.432. The van der Waals surface area contributed by atoms with Gasteiger partial charge in [0.05, 0.1) is 0 Å². The largest absolute Gasteiger partial charge is 0.366 e. The van der Waals surface area contributed by atoms with Gasteiger partial charge < -0.3 is 5.73 Å². The molecule has 0 aliphatic carbocycles. The molecule has 0 unspecified atom stereocenters. The standard InChI is InChI=1S/C9H8BrNO.C2H6/c10-8-4-1-7(2-5-8)3-6-9(11)12;1-2/h1-6H,(H2,11,12);1-2H3/b6-3+;. The highest BCUT2D eigenvalue weighted by atomic mass is 79.9. The molecule has 1 rings (SSSR count). The molecule has 0 atom stereocenters. The van der Waals surface area contributed by atoms with Crippen molar-refractivity contribution in [3.8, 4) is 0 Å². The van der Waals surface area contributed by atoms with Crippen molar-refractivity contribution in [2.24, 2.45) is 5.73 Å². The summed E-state index contributed by atoms with van der Waals surface area (Å²) in [5, 5.41) is 0. The number of amides is 1. The quantitative estimate of drug-likeness (QED) is 0.812. The van der Waals surface area contributed by atoms with Crippen LogP contribution in [0.15, 0.2) is 34.8 Å². The van der Waals surface area contributed by atoms with Gasteiger partial charge in [-0.25, -0.2) is 0 Å². The molecule has 0 spiro atoms. The molecule has 76 valence electrons. The second-order valence-corrected chi connectivity index (χ2v) is 3.20. The maximum atomic E-state index is 10.4. The molecule has 0 saturated carbocycles. The molecule has 0 heterocycles. The van der Waals surface area contributed by atoms with Crippen molar-refractivity contribution in [2.45, 2.75) is 13.8 Å². The number of carbonyl (C=O) groups is 1. The van der Waals surface area contributed by atoms with Crippen molar-refractivity contribution >= 4 is 27.9 Å². The van der Waals surface area contributed by atoms with Crippen LogP contribution in [0.2, 0.25) is 0 Å². The highest BCUT2D eigenvalue weighted by Crippen LogP contribution is 2.11. The van der Waals surface area contributed by atoms with Crippen LogP contribution in [0.4, 0.5) is 0 Å². The van der Waals surface area contributed by atoms with Crippen molar-refractivity contribution in [3.05, 3.63) is 40.4 Å². The van der Waals surface area contributed by atoms with Crippen LogP contribution in [0.25, 0.3) is 6.08 Å². The van der Waals surface area contributed by atoms with Gasteiger partial charge in [-0.1, -0.05) is 41.9 Å². The first-order valence-corrected chi connectivity index (χ1v) is 5.21. The minimum Gasteiger partial charge on any atom is -0.366 e. The molecule has 0 aliphatic heterocycles. The van der Waals surface area contributed by atoms with Gasteiger partial charge in [0.25, 0.3) is 0 Å². The second-order valence-electron chi connectivity index (χ2n) is 2.29. The van der Waals surface area contributed by atoms with Gasteiger partial charge in [0.2, 0.25) is 5.91 Å². The molecule has 14 heavy (non-hydrogen) atoms. The maximum absolute atomic E-state index is 10.4. The van der Waals surface area contributed by atoms with Crippen LogP contribution < -0.4 is 5.73 Å². The lowest BCUT2D eigenvalue weighted by Gasteiger charge is -1.91. The summed E-state index contributed by atoms with van der Waals surface area (Å²) in [6, 6.07) is 7.59. The van der Waals surface area contributed by atoms with Crippen LogP contribution in [-0.4, -0.2) is 5.91 Å². The number of carbonyl (C=O) groups excluding carboxylic acids is 1. The van der Waals surface area contributed by atoms with E-state index < -0.39 is 5.91 Å². The first-order chi connectivity index (χ1) is 6.68. The van der Waals surface area contributed by atoms with E-state index in [-0.39, 0.29) is 0 Å². The summed E-state index contributed by atoms with van der Waals surface area (Å²) in [5.74, 6) is -0.432. The van der Waals surface area contributed by atoms with E-state index in [2.05, 4.69) is 15.9 Å². The van der Waals surface area contributed by atoms with Crippen LogP contribution in [-0.2, 0) is 4.79 Å². The van der Waals surface area contributed by atoms with Crippen molar-refractivity contribution in [3.63, 3.8) is 0 Å². The Kier molecular flexibility index (Phi) is 6.76. The predicted molar refractivity (Wildman–Crippen MR) is 63.7 cm³/mol. The van der Waals surface area contributed by atoms with Crippen LogP contribution in [0.1, 0.15) is 19.4 Å². The third-order valence-corrected chi connectivity index (χ3v) is 1.84. The van der Waals surface area contributed by atoms with E-state index in [1.807, 2.05) is 38.1 Å². The Morgan fingerprint density at radius 3 is 2.21 bits per heavy atom. The number of halogens is 1. The Morgan fingerprint density at radius 2 is 1.79 bits per heavy atom. The third-order valence-electron chi connectivity index (χ3n) is 1.31. The topological polar surface area (TPSA) is 43.1 Å². The smallest absolute Gasteiger partial charge is 0.241 e. The minimum absolute atomic E-state index is 0.432. The Hall–Kier alpha value is -1.09. The molecule has 1 amide bonds. The van der Waals surface area contributed by atoms with Crippen LogP contribution >= 0.6 is 15.9 Å². The van der Waals surface area contributed by atoms with E-state index in [1.165, 1.54) is 6.08 Å². The first-order valence-electron chi connectivity index (χ1n) is 4.41. The number of hydrogen-bond donors (Lipinski definition) is 1. The van der Waals surface area contributed by atoms with E-state index >= 15 is 0 Å². The summed E-state index contributed by atoms with van der Waals surface area (Å²) in [5.41, 5.74) is 5.89. The second kappa shape index (κ2) is 7.33. The summed E-state index contributed by atoms with van der Waals surface area (Å²) >= 11 is 3.31. The van der Waals surface area contributed by atoms with Crippen molar-refractivity contribution in [1.82, 2.24) is 0 Å². The van der Waals surface area contributed by atoms with Crippen molar-refractivity contribution < 1.29 is 4.79 Å². The zero-order chi connectivity index (χ0) is 11.0. The molecule has 2 N–H and O–H groups in total. The Morgan fingerprint density at radius 1 is 1.29 bits per heavy atom. The SMILES string of the molecule is CC.NC(=O)/C=C/c1ccc(Br)cc1. The van der Waals surface area contributed by atoms with Gasteiger partial charge in [0, 0.05) is 10.5 Å². The molecule has 1 aromatic carbocycles. The fourth-order valence-electron chi connectivity index (χ4n) is 0.752. The first kappa shape index (κ1) is 12.9. The molecule has 0 aromatic heterocycles. The lowest BCUT2D eigenvalue weighted by Crippen LogP contribution is -2.04. The van der Waals surface area contributed by atoms with Gasteiger partial charge in [-0.05, 0) is 23.8 Å². The average Bonchev–Trinajstić information content (AvgIpc) is 2.20. The van der Waals surface area contributed by atoms with Gasteiger partial charge in [0.15, 0.2) is 0 Å². The summed E-state index contributed by atoms with van der Waals surface area (Å²) in [6.45, 7) is 4.00. The summed E-state index contributed by atoms with van der Waals surface area (Å²) in [4.78, 5) is 10.4. The van der Waals surface area contributed by atoms with Crippen LogP contribution in [0.5, 0.6) is 0 Å². The zero-order valence-electron chi connectivity index (χ0n) is 8.33. The normalized spacial score (nSPS) is 9.36. The zero-order valence-corrected chi connectivity index (χ0v) is 9.91. The fourth-order valence-corrected chi connectivity index (χ4v) is 1.02. The van der Waals surface area contributed by atoms with Gasteiger partial charge in [-0.2, -0.15) is 0 Å². The molecule has 2 nitrogen and oxygen atoms in total. The molecule has 0 radical (unpaired) electrons. The summed E-state index contributed by atoms with van der Waals surface area (Å²) in [6.07, 6.45) is 3.01. The van der Waals surface area contributed by atoms with E-state index in [4.69, 9.17) is 5.73 Å². The number of primary amides is 1. The highest BCUT2D eigenvalue weighted by Gasteiger charge is 1.87. The van der Waals surface area contributed by atoms with E-state index in [1.54, 1.807) is 6.08 Å². The Labute approximate surface area is 92.9 Å². The molecule has 0 fully saturated rings. The number of nitrogens with two attached hydrogens (primary N) is 1. The van der Waals surface area contributed by atoms with Crippen molar-refractivity contribution in [1.29, 1.82) is 0 Å². The molecule has 0 bridgehead atoms.